The van der Waals surface area contributed by atoms with Crippen molar-refractivity contribution >= 4 is 56.0 Å². The van der Waals surface area contributed by atoms with Crippen LogP contribution < -0.4 is 0 Å². The standard InChI is InChI=1S/C12H13ClFIN2OS/c1-2-19(18)4-3-17-11-5-8(14)9(15)6-10(11)16-12(17)7-13/h5-6H,2-4,7H2,1H3. The summed E-state index contributed by atoms with van der Waals surface area (Å²) in [5, 5.41) is 0. The number of benzene rings is 1. The Balaban J connectivity index is 2.44. The van der Waals surface area contributed by atoms with Crippen LogP contribution in [0, 0.1) is 9.39 Å². The zero-order chi connectivity index (χ0) is 14.0. The van der Waals surface area contributed by atoms with Gasteiger partial charge in [-0.05, 0) is 28.7 Å². The first-order valence-electron chi connectivity index (χ1n) is 5.82. The minimum absolute atomic E-state index is 0.256. The van der Waals surface area contributed by atoms with Crippen molar-refractivity contribution < 1.29 is 8.60 Å². The molecule has 3 nitrogen and oxygen atoms in total. The summed E-state index contributed by atoms with van der Waals surface area (Å²) in [6, 6.07) is 3.17. The number of hydrogen-bond donors (Lipinski definition) is 0. The number of hydrogen-bond acceptors (Lipinski definition) is 2. The first kappa shape index (κ1) is 15.2. The van der Waals surface area contributed by atoms with Crippen LogP contribution in [0.5, 0.6) is 0 Å². The van der Waals surface area contributed by atoms with Gasteiger partial charge in [-0.2, -0.15) is 0 Å². The topological polar surface area (TPSA) is 34.9 Å². The van der Waals surface area contributed by atoms with Gasteiger partial charge in [-0.15, -0.1) is 11.6 Å². The van der Waals surface area contributed by atoms with Crippen LogP contribution in [-0.2, 0) is 23.2 Å². The maximum Gasteiger partial charge on any atom is 0.138 e. The average molecular weight is 415 g/mol. The first-order chi connectivity index (χ1) is 9.06. The third-order valence-corrected chi connectivity index (χ3v) is 5.20. The lowest BCUT2D eigenvalue weighted by atomic mass is 10.3. The van der Waals surface area contributed by atoms with E-state index in [0.29, 0.717) is 33.0 Å². The smallest absolute Gasteiger partial charge is 0.138 e. The molecule has 0 N–H and O–H groups in total. The molecule has 0 aliphatic rings. The highest BCUT2D eigenvalue weighted by Crippen LogP contribution is 2.22. The van der Waals surface area contributed by atoms with Crippen LogP contribution in [0.25, 0.3) is 11.0 Å². The van der Waals surface area contributed by atoms with Gasteiger partial charge in [0.1, 0.15) is 11.6 Å². The molecule has 2 aromatic rings. The van der Waals surface area contributed by atoms with Gasteiger partial charge in [0.05, 0.1) is 20.5 Å². The van der Waals surface area contributed by atoms with Crippen LogP contribution in [0.2, 0.25) is 0 Å². The molecule has 0 aliphatic carbocycles. The Morgan fingerprint density at radius 1 is 1.53 bits per heavy atom. The van der Waals surface area contributed by atoms with Crippen molar-refractivity contribution in [2.45, 2.75) is 19.3 Å². The number of rotatable bonds is 5. The van der Waals surface area contributed by atoms with Gasteiger partial charge >= 0.3 is 0 Å². The lowest BCUT2D eigenvalue weighted by Gasteiger charge is -2.07. The normalized spacial score (nSPS) is 13.1. The zero-order valence-corrected chi connectivity index (χ0v) is 14.1. The summed E-state index contributed by atoms with van der Waals surface area (Å²) in [4.78, 5) is 4.40. The zero-order valence-electron chi connectivity index (χ0n) is 10.3. The Kier molecular flexibility index (Phi) is 5.19. The fourth-order valence-corrected chi connectivity index (χ4v) is 3.19. The van der Waals surface area contributed by atoms with E-state index in [0.717, 1.165) is 5.52 Å². The fourth-order valence-electron chi connectivity index (χ4n) is 1.86. The molecule has 1 unspecified atom stereocenters. The van der Waals surface area contributed by atoms with Gasteiger partial charge in [-0.1, -0.05) is 6.92 Å². The molecule has 0 radical (unpaired) electrons. The number of halogens is 3. The minimum atomic E-state index is -0.861. The average Bonchev–Trinajstić information content (AvgIpc) is 2.73. The van der Waals surface area contributed by atoms with Crippen LogP contribution in [0.3, 0.4) is 0 Å². The Hall–Kier alpha value is -0.210. The number of aromatic nitrogens is 2. The molecule has 104 valence electrons. The van der Waals surface area contributed by atoms with E-state index < -0.39 is 10.8 Å². The maximum absolute atomic E-state index is 13.7. The molecule has 0 amide bonds. The summed E-state index contributed by atoms with van der Waals surface area (Å²) in [6.07, 6.45) is 0. The van der Waals surface area contributed by atoms with Crippen LogP contribution >= 0.6 is 34.2 Å². The molecule has 0 fully saturated rings. The minimum Gasteiger partial charge on any atom is -0.326 e. The molecule has 0 spiro atoms. The summed E-state index contributed by atoms with van der Waals surface area (Å²) in [7, 11) is -0.861. The van der Waals surface area contributed by atoms with Crippen molar-refractivity contribution in [2.24, 2.45) is 0 Å². The Morgan fingerprint density at radius 2 is 2.26 bits per heavy atom. The van der Waals surface area contributed by atoms with Crippen LogP contribution in [0.15, 0.2) is 12.1 Å². The van der Waals surface area contributed by atoms with Crippen molar-refractivity contribution in [1.82, 2.24) is 9.55 Å². The molecule has 7 heteroatoms. The Bertz CT molecular complexity index is 632. The predicted molar refractivity (Wildman–Crippen MR) is 85.5 cm³/mol. The van der Waals surface area contributed by atoms with Crippen molar-refractivity contribution in [1.29, 1.82) is 0 Å². The summed E-state index contributed by atoms with van der Waals surface area (Å²) in [5.74, 6) is 1.82. The maximum atomic E-state index is 13.7. The van der Waals surface area contributed by atoms with Crippen LogP contribution in [0.4, 0.5) is 4.39 Å². The molecule has 0 saturated carbocycles. The molecular weight excluding hydrogens is 402 g/mol. The SMILES string of the molecule is CCS(=O)CCn1c(CCl)nc2cc(I)c(F)cc21. The van der Waals surface area contributed by atoms with Gasteiger partial charge in [-0.25, -0.2) is 9.37 Å². The highest BCUT2D eigenvalue weighted by atomic mass is 127. The molecule has 2 rings (SSSR count). The van der Waals surface area contributed by atoms with E-state index in [9.17, 15) is 8.60 Å². The number of fused-ring (bicyclic) bond motifs is 1. The van der Waals surface area contributed by atoms with Crippen molar-refractivity contribution in [2.75, 3.05) is 11.5 Å². The second-order valence-electron chi connectivity index (χ2n) is 4.00. The number of aryl methyl sites for hydroxylation is 1. The van der Waals surface area contributed by atoms with Gasteiger partial charge in [-0.3, -0.25) is 4.21 Å². The summed E-state index contributed by atoms with van der Waals surface area (Å²) in [6.45, 7) is 2.42. The largest absolute Gasteiger partial charge is 0.326 e. The monoisotopic (exact) mass is 414 g/mol. The van der Waals surface area contributed by atoms with Gasteiger partial charge in [0.15, 0.2) is 0 Å². The van der Waals surface area contributed by atoms with Crippen LogP contribution in [0.1, 0.15) is 12.7 Å². The number of imidazole rings is 1. The van der Waals surface area contributed by atoms with Gasteiger partial charge in [0.25, 0.3) is 0 Å². The Morgan fingerprint density at radius 3 is 2.89 bits per heavy atom. The van der Waals surface area contributed by atoms with Gasteiger partial charge < -0.3 is 4.57 Å². The highest BCUT2D eigenvalue weighted by Gasteiger charge is 2.13. The quantitative estimate of drug-likeness (QED) is 0.556. The summed E-state index contributed by atoms with van der Waals surface area (Å²) < 4.78 is 27.6. The Labute approximate surface area is 132 Å². The third-order valence-electron chi connectivity index (χ3n) is 2.85. The third kappa shape index (κ3) is 3.28. The van der Waals surface area contributed by atoms with Gasteiger partial charge in [0.2, 0.25) is 0 Å². The second-order valence-corrected chi connectivity index (χ2v) is 7.30. The van der Waals surface area contributed by atoms with Crippen molar-refractivity contribution in [3.05, 3.63) is 27.3 Å². The van der Waals surface area contributed by atoms with Crippen LogP contribution in [-0.4, -0.2) is 25.3 Å². The number of nitrogens with zero attached hydrogens (tertiary/aromatic N) is 2. The molecule has 1 aromatic carbocycles. The molecule has 0 saturated heterocycles. The molecule has 19 heavy (non-hydrogen) atoms. The second kappa shape index (κ2) is 6.49. The van der Waals surface area contributed by atoms with E-state index >= 15 is 0 Å². The van der Waals surface area contributed by atoms with E-state index in [1.54, 1.807) is 6.07 Å². The first-order valence-corrected chi connectivity index (χ1v) is 8.92. The van der Waals surface area contributed by atoms with Gasteiger partial charge in [0, 0.05) is 34.9 Å². The van der Waals surface area contributed by atoms with Crippen molar-refractivity contribution in [3.8, 4) is 0 Å². The lowest BCUT2D eigenvalue weighted by molar-refractivity contribution is 0.620. The fraction of sp³-hybridized carbons (Fsp3) is 0.417. The molecule has 1 heterocycles. The lowest BCUT2D eigenvalue weighted by Crippen LogP contribution is -2.11. The highest BCUT2D eigenvalue weighted by molar-refractivity contribution is 14.1. The molecule has 0 aliphatic heterocycles. The molecular formula is C12H13ClFIN2OS. The van der Waals surface area contributed by atoms with E-state index in [4.69, 9.17) is 11.6 Å². The molecule has 1 aromatic heterocycles. The van der Waals surface area contributed by atoms with Crippen molar-refractivity contribution in [3.63, 3.8) is 0 Å². The molecule has 1 atom stereocenters. The number of alkyl halides is 1. The van der Waals surface area contributed by atoms with E-state index in [2.05, 4.69) is 4.98 Å². The summed E-state index contributed by atoms with van der Waals surface area (Å²) >= 11 is 7.82. The summed E-state index contributed by atoms with van der Waals surface area (Å²) in [5.41, 5.74) is 1.44. The molecule has 0 bridgehead atoms. The predicted octanol–water partition coefficient (Wildman–Crippen LogP) is 3.29. The van der Waals surface area contributed by atoms with E-state index in [-0.39, 0.29) is 11.7 Å². The van der Waals surface area contributed by atoms with E-state index in [1.165, 1.54) is 6.07 Å². The van der Waals surface area contributed by atoms with E-state index in [1.807, 2.05) is 34.1 Å².